The summed E-state index contributed by atoms with van der Waals surface area (Å²) in [5.41, 5.74) is 3.30. The summed E-state index contributed by atoms with van der Waals surface area (Å²) in [7, 11) is 0. The lowest BCUT2D eigenvalue weighted by Gasteiger charge is -2.20. The molecule has 0 aliphatic carbocycles. The first kappa shape index (κ1) is 13.5. The van der Waals surface area contributed by atoms with Crippen LogP contribution in [0.25, 0.3) is 0 Å². The summed E-state index contributed by atoms with van der Waals surface area (Å²) in [5, 5.41) is 0. The van der Waals surface area contributed by atoms with Gasteiger partial charge < -0.3 is 0 Å². The number of nitrogens with zero attached hydrogens (tertiary/aromatic N) is 1. The molecule has 19 heavy (non-hydrogen) atoms. The Hall–Kier alpha value is -1.93. The van der Waals surface area contributed by atoms with Crippen molar-refractivity contribution in [3.63, 3.8) is 0 Å². The average Bonchev–Trinajstić information content (AvgIpc) is 2.48. The lowest BCUT2D eigenvalue weighted by molar-refractivity contribution is 0.112. The smallest absolute Gasteiger partial charge is 0.150 e. The molecule has 0 aliphatic rings. The van der Waals surface area contributed by atoms with Crippen LogP contribution in [0, 0.1) is 0 Å². The molecule has 0 saturated carbocycles. The van der Waals surface area contributed by atoms with Crippen molar-refractivity contribution in [3.8, 4) is 0 Å². The van der Waals surface area contributed by atoms with Crippen molar-refractivity contribution >= 4 is 6.29 Å². The van der Waals surface area contributed by atoms with Crippen LogP contribution in [-0.4, -0.2) is 17.7 Å². The highest BCUT2D eigenvalue weighted by atomic mass is 16.1. The molecule has 0 amide bonds. The molecule has 2 heteroatoms. The Bertz CT molecular complexity index is 505. The van der Waals surface area contributed by atoms with Crippen LogP contribution in [0.2, 0.25) is 0 Å². The molecule has 0 heterocycles. The Morgan fingerprint density at radius 3 is 2.00 bits per heavy atom. The first-order valence-electron chi connectivity index (χ1n) is 6.62. The molecule has 2 aromatic rings. The second-order valence-electron chi connectivity index (χ2n) is 4.65. The van der Waals surface area contributed by atoms with Crippen LogP contribution in [0.15, 0.2) is 54.6 Å². The first-order chi connectivity index (χ1) is 9.31. The maximum Gasteiger partial charge on any atom is 0.150 e. The summed E-state index contributed by atoms with van der Waals surface area (Å²) in [6.07, 6.45) is 0.880. The Balaban J connectivity index is 2.00. The van der Waals surface area contributed by atoms with Crippen molar-refractivity contribution in [3.05, 3.63) is 71.3 Å². The zero-order chi connectivity index (χ0) is 13.5. The summed E-state index contributed by atoms with van der Waals surface area (Å²) in [4.78, 5) is 13.0. The maximum absolute atomic E-state index is 10.6. The van der Waals surface area contributed by atoms with Gasteiger partial charge in [0.05, 0.1) is 0 Å². The molecule has 2 nitrogen and oxygen atoms in total. The van der Waals surface area contributed by atoms with Gasteiger partial charge in [0.15, 0.2) is 0 Å². The van der Waals surface area contributed by atoms with E-state index < -0.39 is 0 Å². The molecule has 0 aromatic heterocycles. The largest absolute Gasteiger partial charge is 0.298 e. The van der Waals surface area contributed by atoms with E-state index in [-0.39, 0.29) is 0 Å². The van der Waals surface area contributed by atoms with Crippen LogP contribution < -0.4 is 0 Å². The zero-order valence-electron chi connectivity index (χ0n) is 11.3. The van der Waals surface area contributed by atoms with Crippen molar-refractivity contribution in [1.29, 1.82) is 0 Å². The van der Waals surface area contributed by atoms with Crippen molar-refractivity contribution in [2.75, 3.05) is 6.54 Å². The van der Waals surface area contributed by atoms with Gasteiger partial charge in [-0.3, -0.25) is 9.69 Å². The fraction of sp³-hybridized carbons (Fsp3) is 0.235. The van der Waals surface area contributed by atoms with Crippen LogP contribution in [0.4, 0.5) is 0 Å². The molecule has 2 rings (SSSR count). The van der Waals surface area contributed by atoms with Crippen molar-refractivity contribution in [1.82, 2.24) is 4.90 Å². The third kappa shape index (κ3) is 4.04. The number of carbonyl (C=O) groups excluding carboxylic acids is 1. The van der Waals surface area contributed by atoms with Crippen LogP contribution in [0.3, 0.4) is 0 Å². The summed E-state index contributed by atoms with van der Waals surface area (Å²) < 4.78 is 0. The molecule has 98 valence electrons. The van der Waals surface area contributed by atoms with Gasteiger partial charge in [-0.1, -0.05) is 61.5 Å². The fourth-order valence-electron chi connectivity index (χ4n) is 2.08. The molecule has 0 bridgehead atoms. The monoisotopic (exact) mass is 253 g/mol. The van der Waals surface area contributed by atoms with Crippen LogP contribution in [-0.2, 0) is 13.1 Å². The average molecular weight is 253 g/mol. The normalized spacial score (nSPS) is 10.6. The predicted molar refractivity (Wildman–Crippen MR) is 78.1 cm³/mol. The van der Waals surface area contributed by atoms with Gasteiger partial charge in [-0.2, -0.15) is 0 Å². The Labute approximate surface area is 114 Å². The highest BCUT2D eigenvalue weighted by molar-refractivity contribution is 5.74. The first-order valence-corrected chi connectivity index (χ1v) is 6.62. The van der Waals surface area contributed by atoms with E-state index in [4.69, 9.17) is 0 Å². The second kappa shape index (κ2) is 6.86. The SMILES string of the molecule is CCN(Cc1ccccc1)Cc1ccc(C=O)cc1. The molecule has 0 aliphatic heterocycles. The number of aldehydes is 1. The van der Waals surface area contributed by atoms with E-state index in [2.05, 4.69) is 36.1 Å². The summed E-state index contributed by atoms with van der Waals surface area (Å²) in [6.45, 7) is 5.03. The van der Waals surface area contributed by atoms with Gasteiger partial charge in [0.2, 0.25) is 0 Å². The third-order valence-electron chi connectivity index (χ3n) is 3.22. The van der Waals surface area contributed by atoms with E-state index in [1.807, 2.05) is 30.3 Å². The van der Waals surface area contributed by atoms with Gasteiger partial charge in [-0.15, -0.1) is 0 Å². The quantitative estimate of drug-likeness (QED) is 0.734. The van der Waals surface area contributed by atoms with Gasteiger partial charge in [0.1, 0.15) is 6.29 Å². The molecule has 0 radical (unpaired) electrons. The topological polar surface area (TPSA) is 20.3 Å². The molecule has 0 saturated heterocycles. The minimum Gasteiger partial charge on any atom is -0.298 e. The lowest BCUT2D eigenvalue weighted by atomic mass is 10.1. The van der Waals surface area contributed by atoms with E-state index in [0.29, 0.717) is 0 Å². The van der Waals surface area contributed by atoms with Crippen LogP contribution in [0.1, 0.15) is 28.4 Å². The van der Waals surface area contributed by atoms with Crippen LogP contribution in [0.5, 0.6) is 0 Å². The Morgan fingerprint density at radius 2 is 1.47 bits per heavy atom. The van der Waals surface area contributed by atoms with Gasteiger partial charge in [-0.25, -0.2) is 0 Å². The molecule has 0 fully saturated rings. The number of hydrogen-bond donors (Lipinski definition) is 0. The molecular formula is C17H19NO. The number of rotatable bonds is 6. The second-order valence-corrected chi connectivity index (χ2v) is 4.65. The third-order valence-corrected chi connectivity index (χ3v) is 3.22. The zero-order valence-corrected chi connectivity index (χ0v) is 11.3. The fourth-order valence-corrected chi connectivity index (χ4v) is 2.08. The highest BCUT2D eigenvalue weighted by Gasteiger charge is 2.04. The van der Waals surface area contributed by atoms with Gasteiger partial charge in [-0.05, 0) is 17.7 Å². The highest BCUT2D eigenvalue weighted by Crippen LogP contribution is 2.10. The Kier molecular flexibility index (Phi) is 4.87. The van der Waals surface area contributed by atoms with Gasteiger partial charge >= 0.3 is 0 Å². The molecule has 0 atom stereocenters. The van der Waals surface area contributed by atoms with E-state index in [1.54, 1.807) is 0 Å². The summed E-state index contributed by atoms with van der Waals surface area (Å²) >= 11 is 0. The van der Waals surface area contributed by atoms with E-state index in [0.717, 1.165) is 31.5 Å². The van der Waals surface area contributed by atoms with Gasteiger partial charge in [0.25, 0.3) is 0 Å². The van der Waals surface area contributed by atoms with E-state index in [1.165, 1.54) is 11.1 Å². The minimum atomic E-state index is 0.731. The summed E-state index contributed by atoms with van der Waals surface area (Å²) in [6, 6.07) is 18.3. The number of hydrogen-bond acceptors (Lipinski definition) is 2. The minimum absolute atomic E-state index is 0.731. The van der Waals surface area contributed by atoms with Crippen LogP contribution >= 0.6 is 0 Å². The molecule has 0 unspecified atom stereocenters. The van der Waals surface area contributed by atoms with Gasteiger partial charge in [0, 0.05) is 18.7 Å². The summed E-state index contributed by atoms with van der Waals surface area (Å²) in [5.74, 6) is 0. The number of benzene rings is 2. The standard InChI is InChI=1S/C17H19NO/c1-2-18(12-15-6-4-3-5-7-15)13-16-8-10-17(14-19)11-9-16/h3-11,14H,2,12-13H2,1H3. The molecule has 0 N–H and O–H groups in total. The molecule has 0 spiro atoms. The van der Waals surface area contributed by atoms with Crippen molar-refractivity contribution in [2.45, 2.75) is 20.0 Å². The molecule has 2 aromatic carbocycles. The van der Waals surface area contributed by atoms with E-state index >= 15 is 0 Å². The lowest BCUT2D eigenvalue weighted by Crippen LogP contribution is -2.22. The van der Waals surface area contributed by atoms with E-state index in [9.17, 15) is 4.79 Å². The van der Waals surface area contributed by atoms with Crippen molar-refractivity contribution < 1.29 is 4.79 Å². The number of carbonyl (C=O) groups is 1. The maximum atomic E-state index is 10.6. The van der Waals surface area contributed by atoms with Crippen molar-refractivity contribution in [2.24, 2.45) is 0 Å². The Morgan fingerprint density at radius 1 is 0.895 bits per heavy atom. The predicted octanol–water partition coefficient (Wildman–Crippen LogP) is 3.52. The molecular weight excluding hydrogens is 234 g/mol.